The van der Waals surface area contributed by atoms with Crippen molar-refractivity contribution in [2.24, 2.45) is 0 Å². The molecule has 78 valence electrons. The lowest BCUT2D eigenvalue weighted by Gasteiger charge is -2.25. The van der Waals surface area contributed by atoms with E-state index in [1.165, 1.54) is 0 Å². The normalized spacial score (nSPS) is 11.4. The first-order valence-corrected chi connectivity index (χ1v) is 7.36. The average molecular weight is 222 g/mol. The Balaban J connectivity index is 4.13. The van der Waals surface area contributed by atoms with Gasteiger partial charge in [-0.2, -0.15) is 0 Å². The maximum atomic E-state index is 5.59. The van der Waals surface area contributed by atoms with Gasteiger partial charge in [0.05, 0.1) is 13.2 Å². The Kier molecular flexibility index (Phi) is 6.49. The molecule has 0 fully saturated rings. The van der Waals surface area contributed by atoms with Crippen molar-refractivity contribution < 1.29 is 13.6 Å². The van der Waals surface area contributed by atoms with Gasteiger partial charge in [-0.3, -0.25) is 0 Å². The zero-order valence-corrected chi connectivity index (χ0v) is 10.6. The van der Waals surface area contributed by atoms with E-state index in [-0.39, 0.29) is 0 Å². The van der Waals surface area contributed by atoms with Crippen molar-refractivity contribution in [2.75, 3.05) is 20.3 Å². The van der Waals surface area contributed by atoms with Crippen LogP contribution >= 0.6 is 12.2 Å². The highest BCUT2D eigenvalue weighted by atomic mass is 32.1. The summed E-state index contributed by atoms with van der Waals surface area (Å²) in [4.78, 5) is 0. The van der Waals surface area contributed by atoms with Gasteiger partial charge in [0.15, 0.2) is 5.05 Å². The molecule has 0 N–H and O–H groups in total. The van der Waals surface area contributed by atoms with Gasteiger partial charge in [0.25, 0.3) is 0 Å². The van der Waals surface area contributed by atoms with Gasteiger partial charge in [-0.15, -0.1) is 0 Å². The van der Waals surface area contributed by atoms with Crippen LogP contribution in [-0.4, -0.2) is 33.9 Å². The molecule has 0 bridgehead atoms. The first-order valence-electron chi connectivity index (χ1n) is 4.42. The fourth-order valence-corrected chi connectivity index (χ4v) is 4.05. The van der Waals surface area contributed by atoms with Gasteiger partial charge >= 0.3 is 8.56 Å². The molecule has 0 amide bonds. The molecule has 0 heterocycles. The highest BCUT2D eigenvalue weighted by Crippen LogP contribution is 2.14. The highest BCUT2D eigenvalue weighted by Gasteiger charge is 2.32. The monoisotopic (exact) mass is 222 g/mol. The fraction of sp³-hybridized carbons (Fsp3) is 0.875. The van der Waals surface area contributed by atoms with E-state index in [9.17, 15) is 0 Å². The van der Waals surface area contributed by atoms with Gasteiger partial charge in [0, 0.05) is 13.2 Å². The van der Waals surface area contributed by atoms with Crippen LogP contribution in [0.15, 0.2) is 0 Å². The number of hydrogen-bond acceptors (Lipinski definition) is 4. The summed E-state index contributed by atoms with van der Waals surface area (Å²) in [6.45, 7) is 7.25. The summed E-state index contributed by atoms with van der Waals surface area (Å²) in [5, 5.41) is 0.566. The molecule has 0 spiro atoms. The van der Waals surface area contributed by atoms with E-state index in [2.05, 4.69) is 0 Å². The van der Waals surface area contributed by atoms with E-state index in [0.29, 0.717) is 24.3 Å². The third kappa shape index (κ3) is 5.35. The third-order valence-corrected chi connectivity index (χ3v) is 4.92. The average Bonchev–Trinajstić information content (AvgIpc) is 2.04. The summed E-state index contributed by atoms with van der Waals surface area (Å²) in [6, 6.07) is 0.626. The molecule has 0 aromatic heterocycles. The van der Waals surface area contributed by atoms with Crippen molar-refractivity contribution >= 4 is 25.8 Å². The Hall–Kier alpha value is 0.0269. The van der Waals surface area contributed by atoms with Crippen LogP contribution < -0.4 is 0 Å². The molecule has 0 unspecified atom stereocenters. The predicted octanol–water partition coefficient (Wildman–Crippen LogP) is 2.11. The van der Waals surface area contributed by atoms with Crippen molar-refractivity contribution in [3.05, 3.63) is 0 Å². The Morgan fingerprint density at radius 2 is 1.69 bits per heavy atom. The van der Waals surface area contributed by atoms with Crippen LogP contribution in [0.2, 0.25) is 12.6 Å². The lowest BCUT2D eigenvalue weighted by Crippen LogP contribution is -2.40. The molecule has 0 radical (unpaired) electrons. The largest absolute Gasteiger partial charge is 0.490 e. The lowest BCUT2D eigenvalue weighted by molar-refractivity contribution is 0.191. The SMILES string of the molecule is CCO[Si](C)(CC(=S)OC)OCC. The van der Waals surface area contributed by atoms with Gasteiger partial charge in [-0.1, -0.05) is 0 Å². The minimum atomic E-state index is -2.10. The molecule has 0 aromatic rings. The molecule has 0 aromatic carbocycles. The number of thiocarbonyl (C=S) groups is 1. The van der Waals surface area contributed by atoms with E-state index in [1.807, 2.05) is 20.4 Å². The third-order valence-electron chi connectivity index (χ3n) is 1.59. The van der Waals surface area contributed by atoms with E-state index < -0.39 is 8.56 Å². The molecule has 3 nitrogen and oxygen atoms in total. The molecule has 0 aliphatic heterocycles. The summed E-state index contributed by atoms with van der Waals surface area (Å²) in [6.07, 6.45) is 0. The van der Waals surface area contributed by atoms with Gasteiger partial charge in [-0.05, 0) is 32.6 Å². The minimum Gasteiger partial charge on any atom is -0.490 e. The summed E-state index contributed by atoms with van der Waals surface area (Å²) < 4.78 is 16.1. The summed E-state index contributed by atoms with van der Waals surface area (Å²) >= 11 is 4.98. The van der Waals surface area contributed by atoms with Crippen LogP contribution in [0.1, 0.15) is 13.8 Å². The second-order valence-corrected chi connectivity index (χ2v) is 6.41. The van der Waals surface area contributed by atoms with Crippen LogP contribution in [0.25, 0.3) is 0 Å². The smallest absolute Gasteiger partial charge is 0.343 e. The number of rotatable bonds is 6. The maximum absolute atomic E-state index is 5.59. The molecule has 0 aliphatic rings. The zero-order valence-electron chi connectivity index (χ0n) is 8.75. The van der Waals surface area contributed by atoms with Crippen LogP contribution in [0.3, 0.4) is 0 Å². The standard InChI is InChI=1S/C8H18O3SSi/c1-5-10-13(4,11-6-2)7-8(12)9-3/h5-7H2,1-4H3. The molecule has 0 atom stereocenters. The summed E-state index contributed by atoms with van der Waals surface area (Å²) in [7, 11) is -0.521. The molecule has 0 saturated heterocycles. The fourth-order valence-electron chi connectivity index (χ4n) is 1.09. The van der Waals surface area contributed by atoms with Crippen LogP contribution in [0.4, 0.5) is 0 Å². The summed E-state index contributed by atoms with van der Waals surface area (Å²) in [5.74, 6) is 0. The van der Waals surface area contributed by atoms with Crippen molar-refractivity contribution in [1.29, 1.82) is 0 Å². The summed E-state index contributed by atoms with van der Waals surface area (Å²) in [5.41, 5.74) is 0. The Bertz CT molecular complexity index is 157. The quantitative estimate of drug-likeness (QED) is 0.508. The second kappa shape index (κ2) is 6.48. The molecule has 13 heavy (non-hydrogen) atoms. The molecule has 0 saturated carbocycles. The van der Waals surface area contributed by atoms with E-state index in [0.717, 1.165) is 0 Å². The van der Waals surface area contributed by atoms with Crippen molar-refractivity contribution in [1.82, 2.24) is 0 Å². The zero-order chi connectivity index (χ0) is 10.3. The van der Waals surface area contributed by atoms with Gasteiger partial charge in [-0.25, -0.2) is 0 Å². The molecular formula is C8H18O3SSi. The van der Waals surface area contributed by atoms with Crippen LogP contribution in [0.5, 0.6) is 0 Å². The first kappa shape index (κ1) is 13.0. The molecule has 0 rings (SSSR count). The topological polar surface area (TPSA) is 27.7 Å². The number of ether oxygens (including phenoxy) is 1. The number of methoxy groups -OCH3 is 1. The predicted molar refractivity (Wildman–Crippen MR) is 59.3 cm³/mol. The van der Waals surface area contributed by atoms with E-state index >= 15 is 0 Å². The Morgan fingerprint density at radius 3 is 2.00 bits per heavy atom. The first-order chi connectivity index (χ1) is 6.08. The lowest BCUT2D eigenvalue weighted by atomic mass is 10.8. The number of hydrogen-bond donors (Lipinski definition) is 0. The molecular weight excluding hydrogens is 204 g/mol. The second-order valence-electron chi connectivity index (χ2n) is 2.75. The van der Waals surface area contributed by atoms with Gasteiger partial charge in [0.1, 0.15) is 0 Å². The molecule has 5 heteroatoms. The van der Waals surface area contributed by atoms with Crippen molar-refractivity contribution in [3.63, 3.8) is 0 Å². The Labute approximate surface area is 86.6 Å². The van der Waals surface area contributed by atoms with Crippen LogP contribution in [0, 0.1) is 0 Å². The van der Waals surface area contributed by atoms with Crippen molar-refractivity contribution in [2.45, 2.75) is 26.4 Å². The van der Waals surface area contributed by atoms with Gasteiger partial charge in [0.2, 0.25) is 0 Å². The minimum absolute atomic E-state index is 0.566. The van der Waals surface area contributed by atoms with E-state index in [4.69, 9.17) is 25.8 Å². The van der Waals surface area contributed by atoms with Crippen LogP contribution in [-0.2, 0) is 13.6 Å². The maximum Gasteiger partial charge on any atom is 0.343 e. The van der Waals surface area contributed by atoms with E-state index in [1.54, 1.807) is 7.11 Å². The highest BCUT2D eigenvalue weighted by molar-refractivity contribution is 7.80. The van der Waals surface area contributed by atoms with Gasteiger partial charge < -0.3 is 13.6 Å². The Morgan fingerprint density at radius 1 is 1.23 bits per heavy atom. The molecule has 0 aliphatic carbocycles. The van der Waals surface area contributed by atoms with Crippen molar-refractivity contribution in [3.8, 4) is 0 Å².